The summed E-state index contributed by atoms with van der Waals surface area (Å²) in [5.74, 6) is -0.796. The second kappa shape index (κ2) is 13.1. The third kappa shape index (κ3) is 7.60. The molecule has 11 heteroatoms. The number of methoxy groups -OCH3 is 1. The molecule has 0 bridgehead atoms. The van der Waals surface area contributed by atoms with Gasteiger partial charge in [-0.3, -0.25) is 0 Å². The first-order chi connectivity index (χ1) is 18.0. The number of hydrogen-bond donors (Lipinski definition) is 1. The number of unbranched alkanes of at least 4 members (excludes halogenated alkanes) is 2. The number of alkyl halides is 3. The van der Waals surface area contributed by atoms with Crippen LogP contribution in [0.4, 0.5) is 13.2 Å². The summed E-state index contributed by atoms with van der Waals surface area (Å²) in [5, 5.41) is 10.5. The molecule has 0 amide bonds. The van der Waals surface area contributed by atoms with Crippen LogP contribution < -0.4 is 0 Å². The van der Waals surface area contributed by atoms with Crippen molar-refractivity contribution in [1.29, 1.82) is 0 Å². The molecule has 1 N–H and O–H groups in total. The zero-order valence-electron chi connectivity index (χ0n) is 21.4. The summed E-state index contributed by atoms with van der Waals surface area (Å²) in [4.78, 5) is 13.2. The summed E-state index contributed by atoms with van der Waals surface area (Å²) in [6.45, 7) is 2.07. The van der Waals surface area contributed by atoms with Crippen LogP contribution in [0.15, 0.2) is 42.2 Å². The van der Waals surface area contributed by atoms with Gasteiger partial charge in [-0.05, 0) is 61.3 Å². The molecule has 1 unspecified atom stereocenters. The number of rotatable bonds is 13. The van der Waals surface area contributed by atoms with Gasteiger partial charge in [-0.15, -0.1) is 11.3 Å². The Morgan fingerprint density at radius 1 is 1.13 bits per heavy atom. The van der Waals surface area contributed by atoms with Crippen LogP contribution >= 0.6 is 11.3 Å². The molecule has 1 aliphatic rings. The predicted octanol–water partition coefficient (Wildman–Crippen LogP) is 7.16. The Hall–Kier alpha value is -2.37. The number of thiophene rings is 1. The van der Waals surface area contributed by atoms with Crippen LogP contribution in [0, 0.1) is 5.92 Å². The summed E-state index contributed by atoms with van der Waals surface area (Å²) in [7, 11) is -4.48. The minimum absolute atomic E-state index is 0.0716. The van der Waals surface area contributed by atoms with Crippen molar-refractivity contribution < 1.29 is 40.4 Å². The number of carbonyl (C=O) groups excluding carboxylic acids is 1. The Bertz CT molecular complexity index is 1220. The highest BCUT2D eigenvalue weighted by atomic mass is 32.2. The van der Waals surface area contributed by atoms with Gasteiger partial charge in [-0.25, -0.2) is 4.79 Å². The molecule has 0 saturated carbocycles. The van der Waals surface area contributed by atoms with Crippen LogP contribution in [0.2, 0.25) is 0 Å². The van der Waals surface area contributed by atoms with Crippen LogP contribution in [0.25, 0.3) is 5.57 Å². The van der Waals surface area contributed by atoms with Gasteiger partial charge in [0, 0.05) is 16.9 Å². The maximum absolute atomic E-state index is 13.1. The number of aryl methyl sites for hydroxylation is 1. The first-order valence-corrected chi connectivity index (χ1v) is 14.9. The molecule has 0 saturated heterocycles. The monoisotopic (exact) mass is 574 g/mol. The average molecular weight is 575 g/mol. The fourth-order valence-corrected chi connectivity index (χ4v) is 6.15. The van der Waals surface area contributed by atoms with E-state index in [1.54, 1.807) is 30.3 Å². The summed E-state index contributed by atoms with van der Waals surface area (Å²) >= 11 is 1.33. The van der Waals surface area contributed by atoms with Crippen molar-refractivity contribution in [3.05, 3.63) is 63.0 Å². The largest absolute Gasteiger partial charge is 0.534 e. The molecule has 1 aromatic carbocycles. The summed E-state index contributed by atoms with van der Waals surface area (Å²) < 4.78 is 72.1. The number of hydrogen-bond acceptors (Lipinski definition) is 7. The second-order valence-corrected chi connectivity index (χ2v) is 12.0. The lowest BCUT2D eigenvalue weighted by Gasteiger charge is -2.18. The van der Waals surface area contributed by atoms with Gasteiger partial charge in [-0.1, -0.05) is 50.5 Å². The van der Waals surface area contributed by atoms with Gasteiger partial charge < -0.3 is 14.0 Å². The third-order valence-electron chi connectivity index (χ3n) is 6.63. The molecule has 38 heavy (non-hydrogen) atoms. The van der Waals surface area contributed by atoms with Crippen LogP contribution in [-0.2, 0) is 25.5 Å². The van der Waals surface area contributed by atoms with Crippen LogP contribution in [0.1, 0.15) is 90.1 Å². The van der Waals surface area contributed by atoms with Gasteiger partial charge in [0.2, 0.25) is 0 Å². The molecule has 0 fully saturated rings. The maximum atomic E-state index is 13.1. The van der Waals surface area contributed by atoms with E-state index in [0.717, 1.165) is 24.1 Å². The van der Waals surface area contributed by atoms with Crippen molar-refractivity contribution in [2.45, 2.75) is 76.3 Å². The first kappa shape index (κ1) is 30.2. The molecule has 2 aromatic rings. The summed E-state index contributed by atoms with van der Waals surface area (Å²) in [6.07, 6.45) is 5.35. The van der Waals surface area contributed by atoms with Crippen LogP contribution in [-0.4, -0.2) is 32.1 Å². The molecule has 1 aromatic heterocycles. The fraction of sp³-hybridized carbons (Fsp3) is 0.519. The van der Waals surface area contributed by atoms with E-state index in [4.69, 9.17) is 4.74 Å². The van der Waals surface area contributed by atoms with E-state index in [0.29, 0.717) is 53.7 Å². The van der Waals surface area contributed by atoms with E-state index in [-0.39, 0.29) is 18.1 Å². The lowest BCUT2D eigenvalue weighted by Crippen LogP contribution is -2.25. The molecule has 2 atom stereocenters. The van der Waals surface area contributed by atoms with Crippen LogP contribution in [0.5, 0.6) is 0 Å². The highest BCUT2D eigenvalue weighted by Gasteiger charge is 2.49. The number of benzene rings is 1. The summed E-state index contributed by atoms with van der Waals surface area (Å²) in [6, 6.07) is 10.4. The number of carbonyl (C=O) groups is 1. The van der Waals surface area contributed by atoms with Crippen molar-refractivity contribution in [3.8, 4) is 0 Å². The van der Waals surface area contributed by atoms with E-state index >= 15 is 0 Å². The van der Waals surface area contributed by atoms with E-state index in [1.165, 1.54) is 18.4 Å². The Morgan fingerprint density at radius 2 is 1.84 bits per heavy atom. The third-order valence-corrected chi connectivity index (χ3v) is 8.75. The number of aliphatic hydroxyl groups excluding tert-OH is 1. The predicted molar refractivity (Wildman–Crippen MR) is 140 cm³/mol. The van der Waals surface area contributed by atoms with Crippen molar-refractivity contribution in [3.63, 3.8) is 0 Å². The second-order valence-electron chi connectivity index (χ2n) is 9.34. The number of halogens is 3. The van der Waals surface area contributed by atoms with Gasteiger partial charge in [0.25, 0.3) is 0 Å². The fourth-order valence-electron chi connectivity index (χ4n) is 4.65. The Morgan fingerprint density at radius 3 is 2.47 bits per heavy atom. The van der Waals surface area contributed by atoms with Gasteiger partial charge in [0.15, 0.2) is 0 Å². The van der Waals surface area contributed by atoms with E-state index in [9.17, 15) is 31.5 Å². The van der Waals surface area contributed by atoms with E-state index < -0.39 is 27.7 Å². The highest BCUT2D eigenvalue weighted by Crippen LogP contribution is 2.44. The summed E-state index contributed by atoms with van der Waals surface area (Å²) in [5.41, 5.74) is -3.80. The zero-order chi connectivity index (χ0) is 27.9. The van der Waals surface area contributed by atoms with Gasteiger partial charge in [-0.2, -0.15) is 21.6 Å². The Labute approximate surface area is 225 Å². The van der Waals surface area contributed by atoms with Gasteiger partial charge >= 0.3 is 21.6 Å². The number of esters is 1. The standard InChI is InChI=1S/C27H33F3O6S2/c1-3-4-5-9-22(31)18-10-12-20(13-11-18)25-19(14-16-23(25)36-38(33,34)27(28,29)30)7-6-8-21-15-17-24(37-21)26(32)35-2/h10-13,15,17,19,22,31H,3-9,14,16H2,1-2H3/t19?,22-/m0/s1. The first-order valence-electron chi connectivity index (χ1n) is 12.7. The van der Waals surface area contributed by atoms with Gasteiger partial charge in [0.1, 0.15) is 10.6 Å². The van der Waals surface area contributed by atoms with Crippen molar-refractivity contribution in [1.82, 2.24) is 0 Å². The molecule has 3 rings (SSSR count). The van der Waals surface area contributed by atoms with E-state index in [1.807, 2.05) is 6.07 Å². The quantitative estimate of drug-likeness (QED) is 0.118. The number of ether oxygens (including phenoxy) is 1. The smallest absolute Gasteiger partial charge is 0.465 e. The Balaban J connectivity index is 1.80. The van der Waals surface area contributed by atoms with Gasteiger partial charge in [0.05, 0.1) is 13.2 Å². The zero-order valence-corrected chi connectivity index (χ0v) is 23.1. The molecule has 0 aliphatic heterocycles. The molecule has 210 valence electrons. The van der Waals surface area contributed by atoms with Crippen molar-refractivity contribution >= 4 is 33.0 Å². The topological polar surface area (TPSA) is 89.9 Å². The lowest BCUT2D eigenvalue weighted by molar-refractivity contribution is -0.0522. The molecule has 0 radical (unpaired) electrons. The van der Waals surface area contributed by atoms with Crippen LogP contribution in [0.3, 0.4) is 0 Å². The minimum Gasteiger partial charge on any atom is -0.465 e. The van der Waals surface area contributed by atoms with Crippen molar-refractivity contribution in [2.24, 2.45) is 5.92 Å². The molecule has 0 spiro atoms. The SMILES string of the molecule is CCCCC[C@H](O)c1ccc(C2=C(OS(=O)(=O)C(F)(F)F)CCC2CCCc2ccc(C(=O)OC)s2)cc1. The molecular formula is C27H33F3O6S2. The number of allylic oxidation sites excluding steroid dienone is 2. The highest BCUT2D eigenvalue weighted by molar-refractivity contribution is 7.87. The van der Waals surface area contributed by atoms with Crippen molar-refractivity contribution in [2.75, 3.05) is 7.11 Å². The lowest BCUT2D eigenvalue weighted by atomic mass is 9.89. The molecule has 6 nitrogen and oxygen atoms in total. The molecule has 1 aliphatic carbocycles. The maximum Gasteiger partial charge on any atom is 0.534 e. The normalized spacial score (nSPS) is 17.1. The number of aliphatic hydroxyl groups is 1. The average Bonchev–Trinajstić information content (AvgIpc) is 3.50. The van der Waals surface area contributed by atoms with E-state index in [2.05, 4.69) is 11.1 Å². The minimum atomic E-state index is -5.79. The molecular weight excluding hydrogens is 541 g/mol. The molecule has 1 heterocycles. The Kier molecular flexibility index (Phi) is 10.4.